The van der Waals surface area contributed by atoms with Crippen molar-refractivity contribution in [1.29, 1.82) is 0 Å². The van der Waals surface area contributed by atoms with Gasteiger partial charge in [0.25, 0.3) is 0 Å². The lowest BCUT2D eigenvalue weighted by molar-refractivity contribution is -0.135. The van der Waals surface area contributed by atoms with E-state index in [4.69, 9.17) is 4.74 Å². The Kier molecular flexibility index (Phi) is 5.37. The summed E-state index contributed by atoms with van der Waals surface area (Å²) in [6, 6.07) is 9.50. The van der Waals surface area contributed by atoms with Gasteiger partial charge in [0.05, 0.1) is 7.11 Å². The van der Waals surface area contributed by atoms with Gasteiger partial charge >= 0.3 is 12.1 Å². The molecule has 1 fully saturated rings. The monoisotopic (exact) mass is 289 g/mol. The smallest absolute Gasteiger partial charge is 0.414 e. The molecule has 0 aliphatic carbocycles. The SMILES string of the molecule is COC(=O)/C=C1\CCCCN1C(=O)OCc1ccccc1. The predicted octanol–water partition coefficient (Wildman–Crippen LogP) is 2.87. The van der Waals surface area contributed by atoms with Crippen molar-refractivity contribution >= 4 is 12.1 Å². The molecule has 1 aliphatic heterocycles. The summed E-state index contributed by atoms with van der Waals surface area (Å²) >= 11 is 0. The van der Waals surface area contributed by atoms with E-state index in [9.17, 15) is 9.59 Å². The molecule has 21 heavy (non-hydrogen) atoms. The van der Waals surface area contributed by atoms with E-state index in [-0.39, 0.29) is 6.61 Å². The number of nitrogens with zero attached hydrogens (tertiary/aromatic N) is 1. The summed E-state index contributed by atoms with van der Waals surface area (Å²) in [4.78, 5) is 25.0. The summed E-state index contributed by atoms with van der Waals surface area (Å²) in [5.74, 6) is -0.451. The third-order valence-corrected chi connectivity index (χ3v) is 3.32. The molecule has 1 heterocycles. The van der Waals surface area contributed by atoms with Gasteiger partial charge in [-0.05, 0) is 24.8 Å². The van der Waals surface area contributed by atoms with Crippen LogP contribution in [0, 0.1) is 0 Å². The van der Waals surface area contributed by atoms with Crippen LogP contribution in [0.3, 0.4) is 0 Å². The zero-order valence-electron chi connectivity index (χ0n) is 12.1. The van der Waals surface area contributed by atoms with E-state index in [2.05, 4.69) is 4.74 Å². The Balaban J connectivity index is 1.98. The number of carbonyl (C=O) groups excluding carboxylic acids is 2. The van der Waals surface area contributed by atoms with Crippen molar-refractivity contribution < 1.29 is 19.1 Å². The lowest BCUT2D eigenvalue weighted by Crippen LogP contribution is -2.35. The Morgan fingerprint density at radius 2 is 2.00 bits per heavy atom. The molecule has 1 amide bonds. The summed E-state index contributed by atoms with van der Waals surface area (Å²) < 4.78 is 9.92. The number of ether oxygens (including phenoxy) is 2. The molecular weight excluding hydrogens is 270 g/mol. The van der Waals surface area contributed by atoms with Gasteiger partial charge in [-0.25, -0.2) is 9.59 Å². The molecule has 5 nitrogen and oxygen atoms in total. The van der Waals surface area contributed by atoms with Gasteiger partial charge in [-0.15, -0.1) is 0 Å². The summed E-state index contributed by atoms with van der Waals surface area (Å²) in [5, 5.41) is 0. The highest BCUT2D eigenvalue weighted by Gasteiger charge is 2.23. The highest BCUT2D eigenvalue weighted by Crippen LogP contribution is 2.21. The molecule has 0 unspecified atom stereocenters. The number of hydrogen-bond donors (Lipinski definition) is 0. The molecule has 0 atom stereocenters. The number of methoxy groups -OCH3 is 1. The minimum absolute atomic E-state index is 0.224. The van der Waals surface area contributed by atoms with Crippen molar-refractivity contribution in [2.75, 3.05) is 13.7 Å². The first-order valence-corrected chi connectivity index (χ1v) is 6.97. The zero-order chi connectivity index (χ0) is 15.1. The fraction of sp³-hybridized carbons (Fsp3) is 0.375. The van der Waals surface area contributed by atoms with Crippen molar-refractivity contribution in [3.63, 3.8) is 0 Å². The number of hydrogen-bond acceptors (Lipinski definition) is 4. The number of allylic oxidation sites excluding steroid dienone is 1. The van der Waals surface area contributed by atoms with Crippen LogP contribution in [0.2, 0.25) is 0 Å². The largest absolute Gasteiger partial charge is 0.466 e. The van der Waals surface area contributed by atoms with E-state index < -0.39 is 12.1 Å². The van der Waals surface area contributed by atoms with Crippen LogP contribution in [0.25, 0.3) is 0 Å². The number of carbonyl (C=O) groups is 2. The van der Waals surface area contributed by atoms with E-state index in [0.717, 1.165) is 18.4 Å². The molecule has 0 spiro atoms. The number of likely N-dealkylation sites (tertiary alicyclic amines) is 1. The van der Waals surface area contributed by atoms with Crippen LogP contribution in [0.4, 0.5) is 4.79 Å². The van der Waals surface area contributed by atoms with Gasteiger partial charge in [0.2, 0.25) is 0 Å². The van der Waals surface area contributed by atoms with Crippen molar-refractivity contribution in [3.05, 3.63) is 47.7 Å². The third-order valence-electron chi connectivity index (χ3n) is 3.32. The Hall–Kier alpha value is -2.30. The average Bonchev–Trinajstić information content (AvgIpc) is 2.54. The molecule has 0 N–H and O–H groups in total. The predicted molar refractivity (Wildman–Crippen MR) is 77.3 cm³/mol. The van der Waals surface area contributed by atoms with Gasteiger partial charge in [-0.3, -0.25) is 4.90 Å². The maximum Gasteiger partial charge on any atom is 0.414 e. The minimum atomic E-state index is -0.451. The molecule has 2 rings (SSSR count). The molecule has 0 bridgehead atoms. The molecule has 1 aliphatic rings. The Labute approximate surface area is 124 Å². The molecule has 0 saturated carbocycles. The molecule has 0 radical (unpaired) electrons. The fourth-order valence-corrected chi connectivity index (χ4v) is 2.21. The Morgan fingerprint density at radius 1 is 1.24 bits per heavy atom. The number of amides is 1. The second-order valence-electron chi connectivity index (χ2n) is 4.81. The highest BCUT2D eigenvalue weighted by atomic mass is 16.6. The van der Waals surface area contributed by atoms with Gasteiger partial charge in [0.15, 0.2) is 0 Å². The first-order valence-electron chi connectivity index (χ1n) is 6.97. The summed E-state index contributed by atoms with van der Waals surface area (Å²) in [5.41, 5.74) is 1.59. The summed E-state index contributed by atoms with van der Waals surface area (Å²) in [6.07, 6.45) is 3.47. The van der Waals surface area contributed by atoms with Crippen LogP contribution in [0.1, 0.15) is 24.8 Å². The first-order chi connectivity index (χ1) is 10.2. The molecule has 5 heteroatoms. The number of esters is 1. The van der Waals surface area contributed by atoms with Crippen LogP contribution >= 0.6 is 0 Å². The molecular formula is C16H19NO4. The van der Waals surface area contributed by atoms with Gasteiger partial charge in [0.1, 0.15) is 6.61 Å². The third kappa shape index (κ3) is 4.34. The number of piperidine rings is 1. The first kappa shape index (κ1) is 15.1. The van der Waals surface area contributed by atoms with Crippen LogP contribution in [0.15, 0.2) is 42.1 Å². The fourth-order valence-electron chi connectivity index (χ4n) is 2.21. The molecule has 112 valence electrons. The van der Waals surface area contributed by atoms with Crippen molar-refractivity contribution in [3.8, 4) is 0 Å². The van der Waals surface area contributed by atoms with Crippen molar-refractivity contribution in [2.24, 2.45) is 0 Å². The molecule has 1 aromatic rings. The van der Waals surface area contributed by atoms with Crippen LogP contribution in [-0.4, -0.2) is 30.6 Å². The van der Waals surface area contributed by atoms with Gasteiger partial charge in [-0.1, -0.05) is 30.3 Å². The quantitative estimate of drug-likeness (QED) is 0.634. The lowest BCUT2D eigenvalue weighted by Gasteiger charge is -2.28. The Bertz CT molecular complexity index is 524. The van der Waals surface area contributed by atoms with Gasteiger partial charge in [0, 0.05) is 18.3 Å². The zero-order valence-corrected chi connectivity index (χ0v) is 12.1. The second-order valence-corrected chi connectivity index (χ2v) is 4.81. The Morgan fingerprint density at radius 3 is 2.71 bits per heavy atom. The van der Waals surface area contributed by atoms with Gasteiger partial charge in [-0.2, -0.15) is 0 Å². The standard InChI is InChI=1S/C16H19NO4/c1-20-15(18)11-14-9-5-6-10-17(14)16(19)21-12-13-7-3-2-4-8-13/h2-4,7-8,11H,5-6,9-10,12H2,1H3/b14-11+. The normalized spacial score (nSPS) is 16.6. The lowest BCUT2D eigenvalue weighted by atomic mass is 10.1. The molecule has 0 aromatic heterocycles. The van der Waals surface area contributed by atoms with E-state index in [0.29, 0.717) is 18.7 Å². The highest BCUT2D eigenvalue weighted by molar-refractivity contribution is 5.84. The van der Waals surface area contributed by atoms with E-state index in [1.165, 1.54) is 18.1 Å². The maximum atomic E-state index is 12.2. The minimum Gasteiger partial charge on any atom is -0.466 e. The van der Waals surface area contributed by atoms with E-state index >= 15 is 0 Å². The summed E-state index contributed by atoms with van der Waals surface area (Å²) in [6.45, 7) is 0.790. The average molecular weight is 289 g/mol. The van der Waals surface area contributed by atoms with Crippen LogP contribution < -0.4 is 0 Å². The van der Waals surface area contributed by atoms with Gasteiger partial charge < -0.3 is 9.47 Å². The topological polar surface area (TPSA) is 55.8 Å². The van der Waals surface area contributed by atoms with Crippen molar-refractivity contribution in [2.45, 2.75) is 25.9 Å². The molecule has 1 saturated heterocycles. The summed E-state index contributed by atoms with van der Waals surface area (Å²) in [7, 11) is 1.32. The van der Waals surface area contributed by atoms with Crippen LogP contribution in [0.5, 0.6) is 0 Å². The second kappa shape index (κ2) is 7.47. The maximum absolute atomic E-state index is 12.2. The van der Waals surface area contributed by atoms with Crippen LogP contribution in [-0.2, 0) is 20.9 Å². The van der Waals surface area contributed by atoms with Crippen molar-refractivity contribution in [1.82, 2.24) is 4.90 Å². The van der Waals surface area contributed by atoms with E-state index in [1.54, 1.807) is 0 Å². The number of rotatable bonds is 3. The number of benzene rings is 1. The van der Waals surface area contributed by atoms with E-state index in [1.807, 2.05) is 30.3 Å². The molecule has 1 aromatic carbocycles.